The van der Waals surface area contributed by atoms with Gasteiger partial charge in [0.2, 0.25) is 0 Å². The standard InChI is InChI=1S/2C44H24N4S.C41H25N3S/c1-2-10-27(11-3-1)47-35-16-8-4-12-28(35)29-20-18-26(23-37(29)47)25-19-21-36-31(22-25)41-40-30-13-5-9-17-38(30)49-39(40)24-32-42-44(48(36)43(32)41)46-34-15-7-6-14-33(34)45-42;1-2-10-27(11-3-1)47-35-16-8-4-12-28(35)30-22-25(18-20-36(30)47)26-19-21-37-31(23-26)41-40-29-13-5-9-17-38(29)49-39(40)24-32-42-44(48(37)43(32)41)46-34-15-7-6-14-33(34)45-42;1-41(2)29-14-5-3-10-24(29)25-13-9-12-23(37(25)41)22-18-19-32-27(20-22)36-35-26-11-4-8-17-33(26)45-34(35)21-28-38-40(44(32)39(28)36)43-31-16-7-6-15-30(31)42-38/h2*1-24H;3-21H,1-2H3. The second-order valence-electron chi connectivity index (χ2n) is 39.0. The van der Waals surface area contributed by atoms with Gasteiger partial charge in [-0.25, -0.2) is 29.9 Å². The number of benzene rings is 20. The van der Waals surface area contributed by atoms with E-state index in [0.717, 1.165) is 94.1 Å². The Kier molecular flexibility index (Phi) is 15.6. The minimum Gasteiger partial charge on any atom is -0.309 e. The maximum atomic E-state index is 5.23. The van der Waals surface area contributed by atoms with Crippen molar-refractivity contribution in [3.8, 4) is 55.9 Å². The fraction of sp³-hybridized carbons (Fsp3) is 0.0233. The molecule has 1 aliphatic carbocycles. The first kappa shape index (κ1) is 78.0. The van der Waals surface area contributed by atoms with E-state index in [9.17, 15) is 0 Å². The maximum Gasteiger partial charge on any atom is 0.165 e. The molecular weight excluding hydrogens is 1800 g/mol. The van der Waals surface area contributed by atoms with Gasteiger partial charge in [0.1, 0.15) is 16.6 Å². The van der Waals surface area contributed by atoms with E-state index in [1.54, 1.807) is 0 Å². The Morgan fingerprint density at radius 2 is 0.524 bits per heavy atom. The fourth-order valence-electron chi connectivity index (χ4n) is 25.1. The van der Waals surface area contributed by atoms with E-state index in [2.05, 4.69) is 406 Å². The van der Waals surface area contributed by atoms with Crippen molar-refractivity contribution in [2.45, 2.75) is 19.3 Å². The van der Waals surface area contributed by atoms with Gasteiger partial charge in [0, 0.05) is 147 Å². The van der Waals surface area contributed by atoms with Gasteiger partial charge in [-0.05, 0) is 219 Å². The van der Waals surface area contributed by atoms with E-state index in [4.69, 9.17) is 29.9 Å². The van der Waals surface area contributed by atoms with Crippen molar-refractivity contribution in [1.29, 1.82) is 0 Å². The van der Waals surface area contributed by atoms with Gasteiger partial charge >= 0.3 is 0 Å². The number of nitrogens with zero attached hydrogens (tertiary/aromatic N) is 11. The van der Waals surface area contributed by atoms with Gasteiger partial charge in [0.05, 0.1) is 88.3 Å². The predicted molar refractivity (Wildman–Crippen MR) is 604 cm³/mol. The van der Waals surface area contributed by atoms with Crippen molar-refractivity contribution in [3.63, 3.8) is 0 Å². The molecule has 14 heteroatoms. The summed E-state index contributed by atoms with van der Waals surface area (Å²) in [7, 11) is 0. The molecule has 0 unspecified atom stereocenters. The lowest BCUT2D eigenvalue weighted by Crippen LogP contribution is -2.16. The molecule has 34 aromatic rings. The number of aromatic nitrogens is 11. The Hall–Kier alpha value is -17.9. The third kappa shape index (κ3) is 10.7. The van der Waals surface area contributed by atoms with Crippen LogP contribution in [-0.4, -0.2) is 52.2 Å². The Balaban J connectivity index is 0.0000000946. The molecule has 0 fully saturated rings. The van der Waals surface area contributed by atoms with E-state index >= 15 is 0 Å². The zero-order valence-corrected chi connectivity index (χ0v) is 79.3. The molecule has 35 rings (SSSR count). The molecule has 0 amide bonds. The average molecular weight is 1870 g/mol. The topological polar surface area (TPSA) is 100 Å². The highest BCUT2D eigenvalue weighted by atomic mass is 32.1. The second-order valence-corrected chi connectivity index (χ2v) is 42.2. The number of thiophene rings is 3. The summed E-state index contributed by atoms with van der Waals surface area (Å²) in [5.41, 5.74) is 38.3. The molecule has 0 saturated carbocycles. The molecule has 0 saturated heterocycles. The van der Waals surface area contributed by atoms with Crippen molar-refractivity contribution in [3.05, 3.63) is 418 Å². The highest BCUT2D eigenvalue weighted by molar-refractivity contribution is 7.27. The minimum absolute atomic E-state index is 0.0868. The molecule has 20 aromatic carbocycles. The van der Waals surface area contributed by atoms with Gasteiger partial charge in [-0.15, -0.1) is 34.0 Å². The summed E-state index contributed by atoms with van der Waals surface area (Å²) >= 11 is 5.60. The van der Waals surface area contributed by atoms with E-state index in [1.807, 2.05) is 70.4 Å². The molecule has 0 radical (unpaired) electrons. The quantitative estimate of drug-likeness (QED) is 0.170. The minimum atomic E-state index is -0.0868. The van der Waals surface area contributed by atoms with Gasteiger partial charge in [0.25, 0.3) is 0 Å². The van der Waals surface area contributed by atoms with Crippen LogP contribution in [0.4, 0.5) is 0 Å². The van der Waals surface area contributed by atoms with Crippen LogP contribution < -0.4 is 0 Å². The highest BCUT2D eigenvalue weighted by Gasteiger charge is 2.38. The third-order valence-electron chi connectivity index (χ3n) is 31.1. The lowest BCUT2D eigenvalue weighted by atomic mass is 9.79. The lowest BCUT2D eigenvalue weighted by Gasteiger charge is -2.24. The lowest BCUT2D eigenvalue weighted by molar-refractivity contribution is 0.662. The number of para-hydroxylation sites is 10. The van der Waals surface area contributed by atoms with Crippen molar-refractivity contribution < 1.29 is 0 Å². The average Bonchev–Trinajstić information content (AvgIpc) is 1.52. The van der Waals surface area contributed by atoms with Crippen LogP contribution in [0.5, 0.6) is 0 Å². The highest BCUT2D eigenvalue weighted by Crippen LogP contribution is 2.57. The zero-order valence-electron chi connectivity index (χ0n) is 76.8. The predicted octanol–water partition coefficient (Wildman–Crippen LogP) is 34.9. The van der Waals surface area contributed by atoms with Crippen LogP contribution in [0.1, 0.15) is 25.0 Å². The number of fused-ring (bicyclic) bond motifs is 42. The molecular formula is C129H73N11S3. The third-order valence-corrected chi connectivity index (χ3v) is 34.5. The van der Waals surface area contributed by atoms with Crippen LogP contribution >= 0.6 is 34.0 Å². The summed E-state index contributed by atoms with van der Waals surface area (Å²) < 4.78 is 19.6. The fourth-order valence-corrected chi connectivity index (χ4v) is 28.5. The molecule has 1 aliphatic rings. The Morgan fingerprint density at radius 3 is 0.986 bits per heavy atom. The van der Waals surface area contributed by atoms with Gasteiger partial charge in [-0.3, -0.25) is 13.2 Å². The normalized spacial score (nSPS) is 13.0. The maximum absolute atomic E-state index is 5.23. The molecule has 143 heavy (non-hydrogen) atoms. The van der Waals surface area contributed by atoms with Crippen LogP contribution in [0, 0.1) is 0 Å². The van der Waals surface area contributed by atoms with Crippen molar-refractivity contribution in [2.24, 2.45) is 0 Å². The van der Waals surface area contributed by atoms with Crippen LogP contribution in [0.3, 0.4) is 0 Å². The molecule has 14 aromatic heterocycles. The first-order valence-corrected chi connectivity index (χ1v) is 51.1. The van der Waals surface area contributed by atoms with Crippen LogP contribution in [0.15, 0.2) is 406 Å². The molecule has 662 valence electrons. The zero-order chi connectivity index (χ0) is 93.2. The van der Waals surface area contributed by atoms with Crippen molar-refractivity contribution in [1.82, 2.24) is 52.2 Å². The smallest absolute Gasteiger partial charge is 0.165 e. The number of hydrogen-bond acceptors (Lipinski definition) is 9. The molecule has 11 nitrogen and oxygen atoms in total. The second kappa shape index (κ2) is 28.7. The van der Waals surface area contributed by atoms with Gasteiger partial charge < -0.3 is 9.13 Å². The Morgan fingerprint density at radius 1 is 0.203 bits per heavy atom. The monoisotopic (exact) mass is 1870 g/mol. The van der Waals surface area contributed by atoms with Crippen molar-refractivity contribution >= 4 is 286 Å². The molecule has 0 aliphatic heterocycles. The van der Waals surface area contributed by atoms with E-state index in [0.29, 0.717) is 0 Å². The Labute approximate surface area is 824 Å². The van der Waals surface area contributed by atoms with Crippen molar-refractivity contribution in [2.75, 3.05) is 0 Å². The summed E-state index contributed by atoms with van der Waals surface area (Å²) in [5.74, 6) is 0. The molecule has 0 N–H and O–H groups in total. The van der Waals surface area contributed by atoms with E-state index in [-0.39, 0.29) is 5.41 Å². The van der Waals surface area contributed by atoms with Gasteiger partial charge in [-0.1, -0.05) is 257 Å². The molecule has 0 bridgehead atoms. The van der Waals surface area contributed by atoms with Gasteiger partial charge in [0.15, 0.2) is 16.9 Å². The van der Waals surface area contributed by atoms with Crippen LogP contribution in [0.2, 0.25) is 0 Å². The SMILES string of the molecule is CC1(C)c2ccccc2-c2cccc(-c3ccc4c(c3)c3c5c(cc6c7nc8ccccc8nc7n4c63)sc3ccccc35)c21.c1ccc(-n2c3ccccc3c3cc(-c4ccc5c(c4)c4c6c(cc7c8nc9ccccc9nc8n5c74)sc4ccccc46)ccc32)cc1.c1ccc(-n2c3ccccc3c3ccc(-c4ccc5c(c4)c4c6c(cc7c8nc9ccccc9nc8n5c74)sc4ccccc46)cc32)cc1. The summed E-state index contributed by atoms with van der Waals surface area (Å²) in [4.78, 5) is 31.3. The largest absolute Gasteiger partial charge is 0.309 e. The van der Waals surface area contributed by atoms with Crippen LogP contribution in [0.25, 0.3) is 308 Å². The number of rotatable bonds is 5. The van der Waals surface area contributed by atoms with E-state index in [1.165, 1.54) is 225 Å². The first-order chi connectivity index (χ1) is 70.7. The van der Waals surface area contributed by atoms with E-state index < -0.39 is 0 Å². The van der Waals surface area contributed by atoms with Gasteiger partial charge in [-0.2, -0.15) is 0 Å². The first-order valence-electron chi connectivity index (χ1n) is 48.7. The number of hydrogen-bond donors (Lipinski definition) is 0. The summed E-state index contributed by atoms with van der Waals surface area (Å²) in [6.07, 6.45) is 0. The molecule has 0 spiro atoms. The van der Waals surface area contributed by atoms with Crippen LogP contribution in [-0.2, 0) is 5.41 Å². The summed E-state index contributed by atoms with van der Waals surface area (Å²) in [6, 6.07) is 148. The summed E-state index contributed by atoms with van der Waals surface area (Å²) in [6.45, 7) is 4.74. The molecule has 14 heterocycles. The summed E-state index contributed by atoms with van der Waals surface area (Å²) in [5, 5.41) is 24.0. The molecule has 0 atom stereocenters. The Bertz CT molecular complexity index is 11600.